The van der Waals surface area contributed by atoms with Crippen molar-refractivity contribution < 1.29 is 19.1 Å². The molecular formula is C29H32N4O4S2. The fourth-order valence-electron chi connectivity index (χ4n) is 3.45. The Bertz CT molecular complexity index is 1440. The molecule has 0 saturated carbocycles. The van der Waals surface area contributed by atoms with Crippen molar-refractivity contribution in [3.05, 3.63) is 91.3 Å². The minimum atomic E-state index is -0.460. The van der Waals surface area contributed by atoms with Crippen LogP contribution in [0.3, 0.4) is 0 Å². The minimum absolute atomic E-state index is 0.209. The van der Waals surface area contributed by atoms with E-state index in [4.69, 9.17) is 4.74 Å². The molecule has 8 nitrogen and oxygen atoms in total. The molecule has 4 rings (SSSR count). The largest absolute Gasteiger partial charge is 0.465 e. The van der Waals surface area contributed by atoms with Gasteiger partial charge in [0.15, 0.2) is 0 Å². The Kier molecular flexibility index (Phi) is 10.2. The Hall–Kier alpha value is -4.15. The van der Waals surface area contributed by atoms with Crippen LogP contribution < -0.4 is 21.3 Å². The molecule has 0 unspecified atom stereocenters. The predicted molar refractivity (Wildman–Crippen MR) is 162 cm³/mol. The molecule has 0 atom stereocenters. The van der Waals surface area contributed by atoms with Crippen molar-refractivity contribution in [3.63, 3.8) is 0 Å². The fraction of sp³-hybridized carbons (Fsp3) is 0.207. The Morgan fingerprint density at radius 1 is 0.615 bits per heavy atom. The molecule has 39 heavy (non-hydrogen) atoms. The van der Waals surface area contributed by atoms with E-state index in [1.54, 1.807) is 17.4 Å². The number of ether oxygens (including phenoxy) is 1. The zero-order valence-corrected chi connectivity index (χ0v) is 24.4. The zero-order valence-electron chi connectivity index (χ0n) is 22.7. The molecule has 2 aromatic carbocycles. The first-order chi connectivity index (χ1) is 18.5. The van der Waals surface area contributed by atoms with Crippen LogP contribution in [0.25, 0.3) is 0 Å². The smallest absolute Gasteiger partial charge is 0.350 e. The number of amides is 4. The molecule has 4 N–H and O–H groups in total. The lowest BCUT2D eigenvalue weighted by molar-refractivity contribution is 0.0607. The summed E-state index contributed by atoms with van der Waals surface area (Å²) in [6, 6.07) is 18.3. The lowest BCUT2D eigenvalue weighted by Crippen LogP contribution is -2.20. The van der Waals surface area contributed by atoms with E-state index in [2.05, 4.69) is 21.3 Å². The number of thiophene rings is 2. The van der Waals surface area contributed by atoms with Crippen LogP contribution in [0.4, 0.5) is 32.3 Å². The third-order valence-corrected chi connectivity index (χ3v) is 7.38. The average molecular weight is 565 g/mol. The van der Waals surface area contributed by atoms with Crippen LogP contribution >= 0.6 is 22.7 Å². The van der Waals surface area contributed by atoms with Gasteiger partial charge in [0.2, 0.25) is 0 Å². The van der Waals surface area contributed by atoms with Crippen LogP contribution in [0, 0.1) is 34.6 Å². The highest BCUT2D eigenvalue weighted by Crippen LogP contribution is 2.28. The van der Waals surface area contributed by atoms with E-state index in [1.165, 1.54) is 28.9 Å². The summed E-state index contributed by atoms with van der Waals surface area (Å²) in [5, 5.41) is 11.0. The van der Waals surface area contributed by atoms with Crippen molar-refractivity contribution in [2.24, 2.45) is 0 Å². The second-order valence-corrected chi connectivity index (χ2v) is 11.5. The maximum absolute atomic E-state index is 12.0. The third-order valence-electron chi connectivity index (χ3n) is 5.38. The maximum Gasteiger partial charge on any atom is 0.350 e. The molecule has 4 amide bonds. The van der Waals surface area contributed by atoms with E-state index in [-0.39, 0.29) is 6.03 Å². The van der Waals surface area contributed by atoms with Gasteiger partial charge in [0.05, 0.1) is 18.5 Å². The van der Waals surface area contributed by atoms with Gasteiger partial charge in [-0.3, -0.25) is 0 Å². The van der Waals surface area contributed by atoms with E-state index >= 15 is 0 Å². The average Bonchev–Trinajstić information content (AvgIpc) is 3.41. The quantitative estimate of drug-likeness (QED) is 0.184. The van der Waals surface area contributed by atoms with Crippen LogP contribution in [-0.4, -0.2) is 25.1 Å². The van der Waals surface area contributed by atoms with Gasteiger partial charge in [-0.25, -0.2) is 14.4 Å². The van der Waals surface area contributed by atoms with Gasteiger partial charge < -0.3 is 26.0 Å². The van der Waals surface area contributed by atoms with Crippen molar-refractivity contribution >= 4 is 63.5 Å². The molecule has 0 aliphatic carbocycles. The number of rotatable bonds is 5. The number of aryl methyl sites for hydroxylation is 5. The Balaban J connectivity index is 0.000000218. The number of nitrogens with one attached hydrogen (secondary N) is 4. The lowest BCUT2D eigenvalue weighted by Gasteiger charge is -2.08. The maximum atomic E-state index is 12.0. The highest BCUT2D eigenvalue weighted by atomic mass is 32.1. The molecule has 2 aromatic heterocycles. The number of urea groups is 2. The highest BCUT2D eigenvalue weighted by molar-refractivity contribution is 7.14. The van der Waals surface area contributed by atoms with Crippen molar-refractivity contribution in [1.82, 2.24) is 0 Å². The summed E-state index contributed by atoms with van der Waals surface area (Å²) in [7, 11) is 1.31. The van der Waals surface area contributed by atoms with Gasteiger partial charge in [0.1, 0.15) is 4.88 Å². The third kappa shape index (κ3) is 8.98. The van der Waals surface area contributed by atoms with E-state index in [0.717, 1.165) is 26.7 Å². The molecule has 2 heterocycles. The second-order valence-electron chi connectivity index (χ2n) is 8.81. The van der Waals surface area contributed by atoms with Gasteiger partial charge in [0, 0.05) is 26.0 Å². The molecule has 0 saturated heterocycles. The topological polar surface area (TPSA) is 109 Å². The SMILES string of the molecule is COC(=O)c1sc(C)cc1NC(=O)Nc1ccc(C)cc1.Cc1ccc(NC(=O)Nc2cc(C)sc2C)cc1. The highest BCUT2D eigenvalue weighted by Gasteiger charge is 2.17. The number of carbonyl (C=O) groups excluding carboxylic acids is 3. The van der Waals surface area contributed by atoms with Gasteiger partial charge in [-0.15, -0.1) is 22.7 Å². The normalized spacial score (nSPS) is 10.1. The molecule has 0 bridgehead atoms. The number of methoxy groups -OCH3 is 1. The predicted octanol–water partition coefficient (Wildman–Crippen LogP) is 8.11. The standard InChI is InChI=1S/C15H16N2O3S.C14H16N2OS/c1-9-4-6-11(7-5-9)16-15(19)17-12-8-10(2)21-13(12)14(18)20-3;1-9-4-6-12(7-5-9)15-14(17)16-13-8-10(2)18-11(13)3/h4-8H,1-3H3,(H2,16,17,19);4-8H,1-3H3,(H2,15,16,17). The van der Waals surface area contributed by atoms with Crippen molar-refractivity contribution in [1.29, 1.82) is 0 Å². The zero-order chi connectivity index (χ0) is 28.5. The van der Waals surface area contributed by atoms with Crippen LogP contribution in [0.5, 0.6) is 0 Å². The van der Waals surface area contributed by atoms with Gasteiger partial charge in [-0.2, -0.15) is 0 Å². The summed E-state index contributed by atoms with van der Waals surface area (Å²) in [6.07, 6.45) is 0. The summed E-state index contributed by atoms with van der Waals surface area (Å²) < 4.78 is 4.70. The molecule has 0 spiro atoms. The second kappa shape index (κ2) is 13.6. The molecule has 10 heteroatoms. The van der Waals surface area contributed by atoms with E-state index in [9.17, 15) is 14.4 Å². The molecule has 0 aliphatic rings. The fourth-order valence-corrected chi connectivity index (χ4v) is 5.21. The van der Waals surface area contributed by atoms with Crippen LogP contribution in [0.1, 0.15) is 35.4 Å². The summed E-state index contributed by atoms with van der Waals surface area (Å²) in [5.41, 5.74) is 5.09. The van der Waals surface area contributed by atoms with Crippen LogP contribution in [-0.2, 0) is 4.74 Å². The van der Waals surface area contributed by atoms with Gasteiger partial charge in [0.25, 0.3) is 0 Å². The van der Waals surface area contributed by atoms with Crippen molar-refractivity contribution in [2.45, 2.75) is 34.6 Å². The summed E-state index contributed by atoms with van der Waals surface area (Å²) in [4.78, 5) is 39.0. The molecule has 0 radical (unpaired) electrons. The Labute approximate surface area is 236 Å². The monoisotopic (exact) mass is 564 g/mol. The number of hydrogen-bond donors (Lipinski definition) is 4. The minimum Gasteiger partial charge on any atom is -0.465 e. The number of carbonyl (C=O) groups is 3. The molecule has 0 aliphatic heterocycles. The molecule has 0 fully saturated rings. The van der Waals surface area contributed by atoms with Gasteiger partial charge in [-0.05, 0) is 71.0 Å². The number of anilines is 4. The summed E-state index contributed by atoms with van der Waals surface area (Å²) >= 11 is 2.96. The number of esters is 1. The van der Waals surface area contributed by atoms with E-state index < -0.39 is 12.0 Å². The van der Waals surface area contributed by atoms with E-state index in [1.807, 2.05) is 89.2 Å². The molecular weight excluding hydrogens is 532 g/mol. The molecule has 4 aromatic rings. The van der Waals surface area contributed by atoms with Crippen molar-refractivity contribution in [2.75, 3.05) is 28.4 Å². The van der Waals surface area contributed by atoms with Crippen LogP contribution in [0.2, 0.25) is 0 Å². The number of benzene rings is 2. The molecule has 204 valence electrons. The first kappa shape index (κ1) is 29.4. The summed E-state index contributed by atoms with van der Waals surface area (Å²) in [6.45, 7) is 9.88. The lowest BCUT2D eigenvalue weighted by atomic mass is 10.2. The Morgan fingerprint density at radius 2 is 1.05 bits per heavy atom. The first-order valence-corrected chi connectivity index (χ1v) is 13.7. The van der Waals surface area contributed by atoms with Gasteiger partial charge in [-0.1, -0.05) is 35.4 Å². The Morgan fingerprint density at radius 3 is 1.49 bits per heavy atom. The summed E-state index contributed by atoms with van der Waals surface area (Å²) in [5.74, 6) is -0.460. The first-order valence-electron chi connectivity index (χ1n) is 12.1. The number of hydrogen-bond acceptors (Lipinski definition) is 6. The van der Waals surface area contributed by atoms with Gasteiger partial charge >= 0.3 is 18.0 Å². The van der Waals surface area contributed by atoms with E-state index in [0.29, 0.717) is 16.3 Å². The van der Waals surface area contributed by atoms with Crippen LogP contribution in [0.15, 0.2) is 60.7 Å². The van der Waals surface area contributed by atoms with Crippen molar-refractivity contribution in [3.8, 4) is 0 Å².